The fourth-order valence-corrected chi connectivity index (χ4v) is 2.87. The number of thiophene rings is 1. The number of carbonyl (C=O) groups excluding carboxylic acids is 2. The molecule has 0 aliphatic rings. The second-order valence-corrected chi connectivity index (χ2v) is 5.10. The third-order valence-electron chi connectivity index (χ3n) is 2.86. The number of rotatable bonds is 4. The molecule has 2 rings (SSSR count). The first-order valence-corrected chi connectivity index (χ1v) is 6.72. The second kappa shape index (κ2) is 6.06. The van der Waals surface area contributed by atoms with E-state index in [-0.39, 0.29) is 22.7 Å². The molecule has 0 saturated carbocycles. The Morgan fingerprint density at radius 2 is 1.90 bits per heavy atom. The molecule has 0 bridgehead atoms. The van der Waals surface area contributed by atoms with Crippen LogP contribution in [0.2, 0.25) is 0 Å². The average Bonchev–Trinajstić information content (AvgIpc) is 2.81. The van der Waals surface area contributed by atoms with Crippen molar-refractivity contribution in [3.63, 3.8) is 0 Å². The lowest BCUT2D eigenvalue weighted by molar-refractivity contribution is 0.0590. The summed E-state index contributed by atoms with van der Waals surface area (Å²) in [5.41, 5.74) is 6.86. The lowest BCUT2D eigenvalue weighted by Gasteiger charge is -2.06. The number of ether oxygens (including phenoxy) is 3. The van der Waals surface area contributed by atoms with Crippen LogP contribution in [0.3, 0.4) is 0 Å². The molecule has 112 valence electrons. The van der Waals surface area contributed by atoms with E-state index in [4.69, 9.17) is 15.2 Å². The molecule has 21 heavy (non-hydrogen) atoms. The summed E-state index contributed by atoms with van der Waals surface area (Å²) in [6, 6.07) is 1.56. The summed E-state index contributed by atoms with van der Waals surface area (Å²) in [5.74, 6) is -1.08. The Morgan fingerprint density at radius 3 is 2.48 bits per heavy atom. The number of pyridine rings is 1. The van der Waals surface area contributed by atoms with Crippen LogP contribution in [-0.4, -0.2) is 38.3 Å². The normalized spacial score (nSPS) is 10.6. The van der Waals surface area contributed by atoms with Gasteiger partial charge >= 0.3 is 11.9 Å². The number of methoxy groups -OCH3 is 3. The number of hydrogen-bond acceptors (Lipinski definition) is 8. The highest BCUT2D eigenvalue weighted by molar-refractivity contribution is 7.21. The van der Waals surface area contributed by atoms with Gasteiger partial charge in [0.2, 0.25) is 0 Å². The van der Waals surface area contributed by atoms with Gasteiger partial charge in [-0.3, -0.25) is 0 Å². The van der Waals surface area contributed by atoms with Crippen LogP contribution >= 0.6 is 11.3 Å². The molecule has 2 heterocycles. The Hall–Kier alpha value is -2.19. The van der Waals surface area contributed by atoms with Crippen molar-refractivity contribution in [3.05, 3.63) is 22.2 Å². The minimum atomic E-state index is -0.540. The zero-order valence-corrected chi connectivity index (χ0v) is 12.6. The number of anilines is 1. The third kappa shape index (κ3) is 2.67. The van der Waals surface area contributed by atoms with Gasteiger partial charge in [-0.2, -0.15) is 0 Å². The number of aromatic nitrogens is 1. The van der Waals surface area contributed by atoms with Gasteiger partial charge in [0, 0.05) is 12.5 Å². The van der Waals surface area contributed by atoms with E-state index in [0.29, 0.717) is 15.9 Å². The molecule has 0 fully saturated rings. The second-order valence-electron chi connectivity index (χ2n) is 4.10. The zero-order valence-electron chi connectivity index (χ0n) is 11.8. The number of nitrogens with two attached hydrogens (primary N) is 1. The van der Waals surface area contributed by atoms with E-state index in [9.17, 15) is 9.59 Å². The first kappa shape index (κ1) is 15.2. The fraction of sp³-hybridized carbons (Fsp3) is 0.308. The Balaban J connectivity index is 2.68. The van der Waals surface area contributed by atoms with Crippen molar-refractivity contribution in [1.82, 2.24) is 4.98 Å². The van der Waals surface area contributed by atoms with Crippen LogP contribution in [0.25, 0.3) is 10.2 Å². The Morgan fingerprint density at radius 1 is 1.24 bits per heavy atom. The summed E-state index contributed by atoms with van der Waals surface area (Å²) in [7, 11) is 4.05. The van der Waals surface area contributed by atoms with E-state index in [2.05, 4.69) is 9.72 Å². The van der Waals surface area contributed by atoms with E-state index in [1.54, 1.807) is 6.07 Å². The summed E-state index contributed by atoms with van der Waals surface area (Å²) >= 11 is 1.11. The van der Waals surface area contributed by atoms with Crippen LogP contribution in [-0.2, 0) is 20.8 Å². The highest BCUT2D eigenvalue weighted by Crippen LogP contribution is 2.34. The molecular formula is C13H14N2O5S. The minimum absolute atomic E-state index is 0.145. The summed E-state index contributed by atoms with van der Waals surface area (Å²) in [5, 5.41) is 0.514. The quantitative estimate of drug-likeness (QED) is 0.856. The Kier molecular flexibility index (Phi) is 4.39. The number of nitrogens with zero attached hydrogens (tertiary/aromatic N) is 1. The molecule has 8 heteroatoms. The maximum Gasteiger partial charge on any atom is 0.350 e. The van der Waals surface area contributed by atoms with Crippen molar-refractivity contribution in [3.8, 4) is 0 Å². The summed E-state index contributed by atoms with van der Waals surface area (Å²) < 4.78 is 14.4. The topological polar surface area (TPSA) is 101 Å². The number of hydrogen-bond donors (Lipinski definition) is 1. The molecule has 0 saturated heterocycles. The van der Waals surface area contributed by atoms with Crippen LogP contribution in [0.1, 0.15) is 25.7 Å². The standard InChI is InChI=1S/C13H14N2O5S/c1-18-5-8-6(12(16)19-2)4-7-9(14)10(13(17)20-3)21-11(7)15-8/h4H,5,14H2,1-3H3. The van der Waals surface area contributed by atoms with Crippen LogP contribution in [0.15, 0.2) is 6.07 Å². The van der Waals surface area contributed by atoms with E-state index in [0.717, 1.165) is 11.3 Å². The molecule has 0 amide bonds. The number of nitrogen functional groups attached to an aromatic ring is 1. The van der Waals surface area contributed by atoms with E-state index >= 15 is 0 Å². The van der Waals surface area contributed by atoms with Crippen molar-refractivity contribution in [2.45, 2.75) is 6.61 Å². The molecule has 0 radical (unpaired) electrons. The van der Waals surface area contributed by atoms with E-state index in [1.807, 2.05) is 0 Å². The van der Waals surface area contributed by atoms with Crippen molar-refractivity contribution >= 4 is 39.2 Å². The molecule has 0 aliphatic carbocycles. The fourth-order valence-electron chi connectivity index (χ4n) is 1.85. The van der Waals surface area contributed by atoms with Gasteiger partial charge < -0.3 is 19.9 Å². The van der Waals surface area contributed by atoms with Crippen LogP contribution in [0, 0.1) is 0 Å². The molecule has 0 aliphatic heterocycles. The predicted molar refractivity (Wildman–Crippen MR) is 77.4 cm³/mol. The largest absolute Gasteiger partial charge is 0.465 e. The van der Waals surface area contributed by atoms with E-state index in [1.165, 1.54) is 21.3 Å². The molecule has 0 unspecified atom stereocenters. The van der Waals surface area contributed by atoms with Gasteiger partial charge in [0.1, 0.15) is 9.71 Å². The van der Waals surface area contributed by atoms with Crippen LogP contribution in [0.4, 0.5) is 5.69 Å². The first-order chi connectivity index (χ1) is 10.0. The van der Waals surface area contributed by atoms with Crippen molar-refractivity contribution in [2.24, 2.45) is 0 Å². The Bertz CT molecular complexity index is 710. The van der Waals surface area contributed by atoms with Crippen molar-refractivity contribution in [2.75, 3.05) is 27.1 Å². The van der Waals surface area contributed by atoms with Crippen molar-refractivity contribution < 1.29 is 23.8 Å². The summed E-state index contributed by atoms with van der Waals surface area (Å²) in [6.45, 7) is 0.145. The van der Waals surface area contributed by atoms with E-state index < -0.39 is 11.9 Å². The smallest absolute Gasteiger partial charge is 0.350 e. The van der Waals surface area contributed by atoms with Gasteiger partial charge in [0.05, 0.1) is 37.8 Å². The number of carbonyl (C=O) groups is 2. The zero-order chi connectivity index (χ0) is 15.6. The van der Waals surface area contributed by atoms with Gasteiger partial charge in [-0.25, -0.2) is 14.6 Å². The lowest BCUT2D eigenvalue weighted by atomic mass is 10.1. The number of fused-ring (bicyclic) bond motifs is 1. The van der Waals surface area contributed by atoms with Crippen LogP contribution < -0.4 is 5.73 Å². The molecule has 2 aromatic heterocycles. The van der Waals surface area contributed by atoms with Gasteiger partial charge in [0.25, 0.3) is 0 Å². The third-order valence-corrected chi connectivity index (χ3v) is 3.95. The molecular weight excluding hydrogens is 296 g/mol. The summed E-state index contributed by atoms with van der Waals surface area (Å²) in [4.78, 5) is 28.6. The van der Waals surface area contributed by atoms with Crippen LogP contribution in [0.5, 0.6) is 0 Å². The van der Waals surface area contributed by atoms with Gasteiger partial charge in [0.15, 0.2) is 0 Å². The highest BCUT2D eigenvalue weighted by Gasteiger charge is 2.22. The summed E-state index contributed by atoms with van der Waals surface area (Å²) in [6.07, 6.45) is 0. The first-order valence-electron chi connectivity index (χ1n) is 5.90. The maximum atomic E-state index is 11.8. The highest BCUT2D eigenvalue weighted by atomic mass is 32.1. The minimum Gasteiger partial charge on any atom is -0.465 e. The van der Waals surface area contributed by atoms with Gasteiger partial charge in [-0.1, -0.05) is 0 Å². The predicted octanol–water partition coefficient (Wildman–Crippen LogP) is 1.60. The molecule has 0 aromatic carbocycles. The number of esters is 2. The van der Waals surface area contributed by atoms with Gasteiger partial charge in [-0.15, -0.1) is 11.3 Å². The van der Waals surface area contributed by atoms with Crippen molar-refractivity contribution in [1.29, 1.82) is 0 Å². The van der Waals surface area contributed by atoms with Gasteiger partial charge in [-0.05, 0) is 6.07 Å². The lowest BCUT2D eigenvalue weighted by Crippen LogP contribution is -2.08. The SMILES string of the molecule is COCc1nc2sc(C(=O)OC)c(N)c2cc1C(=O)OC. The molecule has 0 spiro atoms. The molecule has 2 N–H and O–H groups in total. The monoisotopic (exact) mass is 310 g/mol. The maximum absolute atomic E-state index is 11.8. The molecule has 0 atom stereocenters. The molecule has 2 aromatic rings. The molecule has 7 nitrogen and oxygen atoms in total. The Labute approximate surface area is 124 Å². The average molecular weight is 310 g/mol.